The number of halogens is 4. The first-order valence-corrected chi connectivity index (χ1v) is 15.4. The first-order chi connectivity index (χ1) is 19.6. The number of carbonyl (C=O) groups is 1. The van der Waals surface area contributed by atoms with Gasteiger partial charge in [-0.15, -0.1) is 0 Å². The quantitative estimate of drug-likeness (QED) is 0.154. The molecule has 4 aliphatic carbocycles. The molecule has 6 rings (SSSR count). The monoisotopic (exact) mass is 587 g/mol. The second-order valence-corrected chi connectivity index (χ2v) is 13.7. The summed E-state index contributed by atoms with van der Waals surface area (Å²) in [6.07, 6.45) is 11.0. The third-order valence-electron chi connectivity index (χ3n) is 9.99. The van der Waals surface area contributed by atoms with Crippen LogP contribution in [0.25, 0.3) is 0 Å². The van der Waals surface area contributed by atoms with Crippen molar-refractivity contribution in [3.8, 4) is 0 Å². The van der Waals surface area contributed by atoms with Crippen molar-refractivity contribution in [1.82, 2.24) is 9.80 Å². The lowest BCUT2D eigenvalue weighted by molar-refractivity contribution is -0.140. The number of carbonyl (C=O) groups excluding carboxylic acids is 1. The Morgan fingerprint density at radius 1 is 1.10 bits per heavy atom. The largest absolute Gasteiger partial charge is 0.419 e. The maximum atomic E-state index is 12.6. The second-order valence-electron chi connectivity index (χ2n) is 13.7. The normalized spacial score (nSPS) is 25.9. The van der Waals surface area contributed by atoms with Gasteiger partial charge in [0, 0.05) is 44.7 Å². The molecule has 0 N–H and O–H groups in total. The van der Waals surface area contributed by atoms with Gasteiger partial charge in [-0.3, -0.25) is 4.79 Å². The zero-order valence-corrected chi connectivity index (χ0v) is 25.9. The summed E-state index contributed by atoms with van der Waals surface area (Å²) in [5.41, 5.74) is 2.77. The van der Waals surface area contributed by atoms with E-state index in [9.17, 15) is 22.4 Å². The zero-order chi connectivity index (χ0) is 30.9. The molecular formula is C33H46BF4N3O. The van der Waals surface area contributed by atoms with Crippen LogP contribution in [0.15, 0.2) is 34.5 Å². The predicted octanol–water partition coefficient (Wildman–Crippen LogP) is 8.11. The van der Waals surface area contributed by atoms with Crippen LogP contribution in [0.5, 0.6) is 0 Å². The number of aryl methyl sites for hydroxylation is 1. The number of hydrogen-bond acceptors (Lipinski definition) is 2. The molecule has 5 aliphatic rings. The van der Waals surface area contributed by atoms with Crippen molar-refractivity contribution in [2.45, 2.75) is 109 Å². The molecule has 1 amide bonds. The SMILES string of the molecule is CC(C)=C(N=CN(C)C1CC2(CCC2)C1)C1CC1.Cc1ccc(C(F)(F)F)c(F)c1.[B][C@@]12CCC[C@@H]1CN(C(C)=O)C2. The van der Waals surface area contributed by atoms with Crippen LogP contribution in [0.2, 0.25) is 5.31 Å². The number of nitrogens with zero attached hydrogens (tertiary/aromatic N) is 3. The minimum absolute atomic E-state index is 0.0360. The van der Waals surface area contributed by atoms with Crippen molar-refractivity contribution in [2.75, 3.05) is 20.1 Å². The van der Waals surface area contributed by atoms with Crippen molar-refractivity contribution < 1.29 is 22.4 Å². The third kappa shape index (κ3) is 7.79. The van der Waals surface area contributed by atoms with Gasteiger partial charge in [0.15, 0.2) is 0 Å². The fourth-order valence-electron chi connectivity index (χ4n) is 6.99. The van der Waals surface area contributed by atoms with Crippen LogP contribution < -0.4 is 0 Å². The van der Waals surface area contributed by atoms with E-state index in [1.807, 2.05) is 4.90 Å². The van der Waals surface area contributed by atoms with Crippen molar-refractivity contribution in [1.29, 1.82) is 0 Å². The Bertz CT molecular complexity index is 1180. The molecule has 5 fully saturated rings. The van der Waals surface area contributed by atoms with E-state index in [1.165, 1.54) is 82.0 Å². The number of aliphatic imine (C=N–C) groups is 1. The fourth-order valence-corrected chi connectivity index (χ4v) is 6.99. The lowest BCUT2D eigenvalue weighted by Crippen LogP contribution is -2.52. The average Bonchev–Trinajstić information content (AvgIpc) is 3.50. The number of alkyl halides is 3. The van der Waals surface area contributed by atoms with Gasteiger partial charge in [0.1, 0.15) is 5.82 Å². The molecular weight excluding hydrogens is 541 g/mol. The summed E-state index contributed by atoms with van der Waals surface area (Å²) in [4.78, 5) is 20.1. The fraction of sp³-hybridized carbons (Fsp3) is 0.697. The second kappa shape index (κ2) is 12.7. The van der Waals surface area contributed by atoms with E-state index < -0.39 is 17.6 Å². The molecule has 0 bridgehead atoms. The van der Waals surface area contributed by atoms with Crippen LogP contribution in [0.3, 0.4) is 0 Å². The number of amides is 1. The summed E-state index contributed by atoms with van der Waals surface area (Å²) in [5, 5.41) is -0.0360. The molecule has 0 aromatic heterocycles. The number of rotatable bonds is 4. The van der Waals surface area contributed by atoms with Gasteiger partial charge in [-0.25, -0.2) is 9.38 Å². The van der Waals surface area contributed by atoms with Gasteiger partial charge in [0.05, 0.1) is 19.7 Å². The van der Waals surface area contributed by atoms with Crippen LogP contribution >= 0.6 is 0 Å². The van der Waals surface area contributed by atoms with Crippen LogP contribution in [0, 0.1) is 30.0 Å². The number of allylic oxidation sites excluding steroid dienone is 2. The Morgan fingerprint density at radius 2 is 1.76 bits per heavy atom. The van der Waals surface area contributed by atoms with E-state index >= 15 is 0 Å². The highest BCUT2D eigenvalue weighted by molar-refractivity contribution is 6.16. The van der Waals surface area contributed by atoms with Crippen molar-refractivity contribution in [3.05, 3.63) is 46.4 Å². The van der Waals surface area contributed by atoms with E-state index in [0.717, 1.165) is 49.0 Å². The Balaban J connectivity index is 0.000000150. The topological polar surface area (TPSA) is 35.9 Å². The molecule has 1 spiro atoms. The summed E-state index contributed by atoms with van der Waals surface area (Å²) in [5.74, 6) is 0.289. The molecule has 42 heavy (non-hydrogen) atoms. The molecule has 230 valence electrons. The van der Waals surface area contributed by atoms with E-state index in [-0.39, 0.29) is 11.2 Å². The summed E-state index contributed by atoms with van der Waals surface area (Å²) < 4.78 is 48.4. The number of likely N-dealkylation sites (tertiary alicyclic amines) is 1. The highest BCUT2D eigenvalue weighted by Gasteiger charge is 2.49. The molecule has 4 saturated carbocycles. The maximum absolute atomic E-state index is 12.6. The van der Waals surface area contributed by atoms with Gasteiger partial charge in [-0.2, -0.15) is 13.2 Å². The molecule has 1 saturated heterocycles. The molecule has 2 atom stereocenters. The molecule has 4 nitrogen and oxygen atoms in total. The lowest BCUT2D eigenvalue weighted by atomic mass is 9.54. The molecule has 1 heterocycles. The highest BCUT2D eigenvalue weighted by atomic mass is 19.4. The van der Waals surface area contributed by atoms with E-state index in [2.05, 4.69) is 32.1 Å². The maximum Gasteiger partial charge on any atom is 0.419 e. The van der Waals surface area contributed by atoms with Crippen LogP contribution in [0.1, 0.15) is 96.1 Å². The van der Waals surface area contributed by atoms with E-state index in [1.54, 1.807) is 6.92 Å². The highest BCUT2D eigenvalue weighted by Crippen LogP contribution is 2.57. The molecule has 1 aromatic rings. The summed E-state index contributed by atoms with van der Waals surface area (Å²) in [7, 11) is 8.40. The van der Waals surface area contributed by atoms with Crippen LogP contribution in [-0.4, -0.2) is 56.1 Å². The Hall–Kier alpha value is -2.32. The smallest absolute Gasteiger partial charge is 0.363 e. The minimum atomic E-state index is -4.60. The van der Waals surface area contributed by atoms with Crippen molar-refractivity contribution >= 4 is 20.1 Å². The van der Waals surface area contributed by atoms with Crippen LogP contribution in [0.4, 0.5) is 17.6 Å². The third-order valence-corrected chi connectivity index (χ3v) is 9.99. The van der Waals surface area contributed by atoms with E-state index in [0.29, 0.717) is 11.5 Å². The number of hydrogen-bond donors (Lipinski definition) is 0. The number of benzene rings is 1. The number of fused-ring (bicyclic) bond motifs is 1. The van der Waals surface area contributed by atoms with Gasteiger partial charge in [-0.05, 0) is 100 Å². The van der Waals surface area contributed by atoms with Gasteiger partial charge < -0.3 is 9.80 Å². The molecule has 9 heteroatoms. The Labute approximate surface area is 250 Å². The Kier molecular flexibility index (Phi) is 9.88. The van der Waals surface area contributed by atoms with Gasteiger partial charge >= 0.3 is 6.18 Å². The average molecular weight is 588 g/mol. The molecule has 1 aliphatic heterocycles. The first-order valence-electron chi connectivity index (χ1n) is 15.4. The summed E-state index contributed by atoms with van der Waals surface area (Å²) >= 11 is 0. The van der Waals surface area contributed by atoms with Crippen molar-refractivity contribution in [3.63, 3.8) is 0 Å². The van der Waals surface area contributed by atoms with E-state index in [4.69, 9.17) is 12.8 Å². The van der Waals surface area contributed by atoms with Gasteiger partial charge in [-0.1, -0.05) is 30.9 Å². The van der Waals surface area contributed by atoms with Gasteiger partial charge in [0.25, 0.3) is 0 Å². The standard InChI is InChI=1S/C16H26N2.C9H14BNO.C8H6F4/c1-12(2)15(13-5-6-13)17-11-18(3)14-9-16(10-14)7-4-8-16;1-7(12)11-5-8-3-2-4-9(8,10)6-11;1-5-2-3-6(7(9)4-5)8(10,11)12/h11,13-14H,4-10H2,1-3H3;8H,2-6H2,1H3;2-4H,1H3/t;8-,9-;/m.1./s1. The molecule has 2 radical (unpaired) electrons. The zero-order valence-electron chi connectivity index (χ0n) is 25.9. The summed E-state index contributed by atoms with van der Waals surface area (Å²) in [6.45, 7) is 9.22. The summed E-state index contributed by atoms with van der Waals surface area (Å²) in [6, 6.07) is 3.59. The van der Waals surface area contributed by atoms with Crippen LogP contribution in [-0.2, 0) is 11.0 Å². The van der Waals surface area contributed by atoms with Crippen molar-refractivity contribution in [2.24, 2.45) is 22.2 Å². The molecule has 0 unspecified atom stereocenters. The van der Waals surface area contributed by atoms with Gasteiger partial charge in [0.2, 0.25) is 5.91 Å². The minimum Gasteiger partial charge on any atom is -0.363 e. The first kappa shape index (κ1) is 32.6. The molecule has 1 aromatic carbocycles. The lowest BCUT2D eigenvalue weighted by Gasteiger charge is -2.56. The Morgan fingerprint density at radius 3 is 2.24 bits per heavy atom. The predicted molar refractivity (Wildman–Crippen MR) is 161 cm³/mol.